The topological polar surface area (TPSA) is 212 Å². The first-order valence-corrected chi connectivity index (χ1v) is 17.0. The largest absolute Gasteiger partial charge is 0.456 e. The zero-order chi connectivity index (χ0) is 37.3. The summed E-state index contributed by atoms with van der Waals surface area (Å²) < 4.78 is 23.9. The van der Waals surface area contributed by atoms with Gasteiger partial charge in [-0.1, -0.05) is 62.4 Å². The van der Waals surface area contributed by atoms with Gasteiger partial charge in [-0.25, -0.2) is 9.59 Å². The molecule has 0 amide bonds. The first kappa shape index (κ1) is 36.8. The molecular weight excluding hydrogens is 662 g/mol. The molecule has 51 heavy (non-hydrogen) atoms. The Labute approximate surface area is 295 Å². The molecule has 0 aromatic heterocycles. The number of hydrogen-bond acceptors (Lipinski definition) is 13. The van der Waals surface area contributed by atoms with Crippen LogP contribution in [-0.2, 0) is 33.3 Å². The normalized spacial score (nSPS) is 36.5. The Morgan fingerprint density at radius 2 is 1.59 bits per heavy atom. The van der Waals surface area contributed by atoms with Crippen molar-refractivity contribution in [3.63, 3.8) is 0 Å². The van der Waals surface area contributed by atoms with Gasteiger partial charge in [-0.2, -0.15) is 0 Å². The van der Waals surface area contributed by atoms with Gasteiger partial charge in [-0.15, -0.1) is 0 Å². The third-order valence-corrected chi connectivity index (χ3v) is 11.9. The summed E-state index contributed by atoms with van der Waals surface area (Å²) in [5.74, 6) is -5.10. The van der Waals surface area contributed by atoms with E-state index < -0.39 is 101 Å². The lowest BCUT2D eigenvalue weighted by Crippen LogP contribution is -2.81. The van der Waals surface area contributed by atoms with Crippen molar-refractivity contribution in [2.24, 2.45) is 22.5 Å². The van der Waals surface area contributed by atoms with Gasteiger partial charge in [0.05, 0.1) is 35.6 Å². The number of aliphatic hydroxyl groups excluding tert-OH is 3. The first-order valence-electron chi connectivity index (χ1n) is 17.0. The second kappa shape index (κ2) is 12.9. The summed E-state index contributed by atoms with van der Waals surface area (Å²) in [5, 5.41) is 48.0. The predicted octanol–water partition coefficient (Wildman–Crippen LogP) is 1.69. The van der Waals surface area contributed by atoms with Gasteiger partial charge in [0.1, 0.15) is 30.0 Å². The molecule has 2 saturated carbocycles. The van der Waals surface area contributed by atoms with Crippen LogP contribution in [-0.4, -0.2) is 98.6 Å². The van der Waals surface area contributed by atoms with Gasteiger partial charge in [0.25, 0.3) is 0 Å². The van der Waals surface area contributed by atoms with Crippen molar-refractivity contribution in [3.8, 4) is 0 Å². The molecule has 3 fully saturated rings. The maximum Gasteiger partial charge on any atom is 0.338 e. The molecule has 3 aliphatic carbocycles. The zero-order valence-electron chi connectivity index (χ0n) is 29.1. The predicted molar refractivity (Wildman–Crippen MR) is 178 cm³/mol. The van der Waals surface area contributed by atoms with Crippen molar-refractivity contribution in [1.82, 2.24) is 0 Å². The van der Waals surface area contributed by atoms with Crippen LogP contribution in [0.1, 0.15) is 69.4 Å². The standard InChI is InChI=1S/C38H45NO12/c1-19-23(49-34(46)29(43)27(39)21-12-8-6-9-13-21)17-38(47)32(50-33(45)22-14-10-7-11-15-22)30-36(5,31(44)28(42)26(19)35(38,3)4)24(41)16-25-37(30,18-48-25)51-20(2)40/h6-15,23-25,27-30,32,41-43,47H,16-18,39H2,1-5H3/t23-,24-,25+,27-,28+,29+,30-,32-,36+,37-,38-/m0/s1. The molecule has 4 aliphatic rings. The number of esters is 3. The van der Waals surface area contributed by atoms with Crippen LogP contribution in [0.25, 0.3) is 0 Å². The second-order valence-corrected chi connectivity index (χ2v) is 15.0. The highest BCUT2D eigenvalue weighted by atomic mass is 16.6. The van der Waals surface area contributed by atoms with E-state index in [0.717, 1.165) is 0 Å². The maximum atomic E-state index is 14.8. The highest BCUT2D eigenvalue weighted by Gasteiger charge is 2.78. The van der Waals surface area contributed by atoms with Crippen molar-refractivity contribution in [2.75, 3.05) is 6.61 Å². The molecule has 0 radical (unpaired) electrons. The summed E-state index contributed by atoms with van der Waals surface area (Å²) >= 11 is 0. The van der Waals surface area contributed by atoms with E-state index in [2.05, 4.69) is 0 Å². The Bertz CT molecular complexity index is 1750. The molecule has 274 valence electrons. The average molecular weight is 708 g/mol. The zero-order valence-corrected chi connectivity index (χ0v) is 29.1. The molecule has 1 saturated heterocycles. The molecule has 6 N–H and O–H groups in total. The van der Waals surface area contributed by atoms with Crippen LogP contribution in [0.5, 0.6) is 0 Å². The van der Waals surface area contributed by atoms with E-state index in [1.54, 1.807) is 62.4 Å². The number of ketones is 1. The van der Waals surface area contributed by atoms with Gasteiger partial charge >= 0.3 is 17.9 Å². The highest BCUT2D eigenvalue weighted by molar-refractivity contribution is 5.94. The number of carbonyl (C=O) groups is 4. The third kappa shape index (κ3) is 5.53. The van der Waals surface area contributed by atoms with Gasteiger partial charge in [-0.05, 0) is 42.7 Å². The molecular formula is C38H45NO12. The Kier molecular flexibility index (Phi) is 9.31. The third-order valence-electron chi connectivity index (χ3n) is 11.9. The molecule has 2 aromatic carbocycles. The minimum atomic E-state index is -2.28. The molecule has 0 spiro atoms. The van der Waals surface area contributed by atoms with E-state index >= 15 is 0 Å². The van der Waals surface area contributed by atoms with Crippen LogP contribution < -0.4 is 5.73 Å². The number of fused-ring (bicyclic) bond motifs is 5. The Balaban J connectivity index is 1.53. The summed E-state index contributed by atoms with van der Waals surface area (Å²) in [6, 6.07) is 15.2. The van der Waals surface area contributed by atoms with Crippen molar-refractivity contribution in [2.45, 2.75) is 101 Å². The van der Waals surface area contributed by atoms with E-state index in [-0.39, 0.29) is 29.7 Å². The number of hydrogen-bond donors (Lipinski definition) is 5. The quantitative estimate of drug-likeness (QED) is 0.158. The van der Waals surface area contributed by atoms with Crippen LogP contribution in [0.4, 0.5) is 0 Å². The summed E-state index contributed by atoms with van der Waals surface area (Å²) in [6.45, 7) is 6.99. The monoisotopic (exact) mass is 707 g/mol. The van der Waals surface area contributed by atoms with E-state index in [4.69, 9.17) is 24.7 Å². The van der Waals surface area contributed by atoms with Crippen LogP contribution >= 0.6 is 0 Å². The van der Waals surface area contributed by atoms with Gasteiger partial charge in [-0.3, -0.25) is 9.59 Å². The van der Waals surface area contributed by atoms with Gasteiger partial charge in [0.2, 0.25) is 0 Å². The second-order valence-electron chi connectivity index (χ2n) is 15.0. The lowest BCUT2D eigenvalue weighted by Gasteiger charge is -2.67. The Morgan fingerprint density at radius 1 is 0.980 bits per heavy atom. The first-order chi connectivity index (χ1) is 23.9. The lowest BCUT2D eigenvalue weighted by atomic mass is 9.44. The summed E-state index contributed by atoms with van der Waals surface area (Å²) in [6.07, 6.45) is -9.94. The minimum absolute atomic E-state index is 0.0120. The highest BCUT2D eigenvalue weighted by Crippen LogP contribution is 2.64. The van der Waals surface area contributed by atoms with Gasteiger partial charge in [0, 0.05) is 25.2 Å². The number of nitrogens with two attached hydrogens (primary N) is 1. The molecule has 0 unspecified atom stereocenters. The molecule has 13 nitrogen and oxygen atoms in total. The molecule has 2 bridgehead atoms. The Morgan fingerprint density at radius 3 is 2.16 bits per heavy atom. The number of benzene rings is 2. The van der Waals surface area contributed by atoms with Crippen LogP contribution in [0.2, 0.25) is 0 Å². The molecule has 1 aliphatic heterocycles. The van der Waals surface area contributed by atoms with E-state index in [1.165, 1.54) is 32.9 Å². The minimum Gasteiger partial charge on any atom is -0.456 e. The summed E-state index contributed by atoms with van der Waals surface area (Å²) in [7, 11) is 0. The number of ether oxygens (including phenoxy) is 4. The van der Waals surface area contributed by atoms with Crippen molar-refractivity contribution < 1.29 is 58.6 Å². The summed E-state index contributed by atoms with van der Waals surface area (Å²) in [5.41, 5.74) is -0.496. The van der Waals surface area contributed by atoms with Crippen LogP contribution in [0, 0.1) is 16.7 Å². The smallest absolute Gasteiger partial charge is 0.338 e. The van der Waals surface area contributed by atoms with Gasteiger partial charge in [0.15, 0.2) is 17.5 Å². The fourth-order valence-corrected chi connectivity index (χ4v) is 8.99. The fraction of sp³-hybridized carbons (Fsp3) is 0.526. The fourth-order valence-electron chi connectivity index (χ4n) is 8.99. The van der Waals surface area contributed by atoms with Gasteiger partial charge < -0.3 is 45.1 Å². The lowest BCUT2D eigenvalue weighted by molar-refractivity contribution is -0.346. The van der Waals surface area contributed by atoms with Crippen LogP contribution in [0.3, 0.4) is 0 Å². The van der Waals surface area contributed by atoms with Crippen molar-refractivity contribution in [1.29, 1.82) is 0 Å². The van der Waals surface area contributed by atoms with Crippen molar-refractivity contribution in [3.05, 3.63) is 82.9 Å². The van der Waals surface area contributed by atoms with E-state index in [0.29, 0.717) is 5.56 Å². The molecule has 1 heterocycles. The van der Waals surface area contributed by atoms with Crippen molar-refractivity contribution >= 4 is 23.7 Å². The molecule has 6 rings (SSSR count). The van der Waals surface area contributed by atoms with Crippen LogP contribution in [0.15, 0.2) is 71.8 Å². The van der Waals surface area contributed by atoms with E-state index in [1.807, 2.05) is 0 Å². The SMILES string of the molecule is CC(=O)O[C@@]12CO[C@@H]1C[C@H](O)[C@@]1(C)C(=O)[C@H](O)C3=C(C)[C@@H](OC(=O)[C@H](O)[C@@H](N)c4ccccc4)C[C@](O)([C@@H](OC(=O)c4ccccc4)[C@H]21)C3(C)C. The average Bonchev–Trinajstić information content (AvgIpc) is 3.09. The number of aliphatic hydroxyl groups is 4. The molecule has 2 aromatic rings. The molecule has 13 heteroatoms. The number of Topliss-reactive ketones (excluding diaryl/α,β-unsaturated/α-hetero) is 1. The molecule has 11 atom stereocenters. The number of rotatable bonds is 7. The summed E-state index contributed by atoms with van der Waals surface area (Å²) in [4.78, 5) is 55.0. The van der Waals surface area contributed by atoms with E-state index in [9.17, 15) is 39.6 Å². The number of carbonyl (C=O) groups excluding carboxylic acids is 4. The maximum absolute atomic E-state index is 14.8. The Hall–Kier alpha value is -3.98.